The summed E-state index contributed by atoms with van der Waals surface area (Å²) in [5, 5.41) is 10.4. The van der Waals surface area contributed by atoms with Gasteiger partial charge in [0, 0.05) is 76.0 Å². The zero-order chi connectivity index (χ0) is 35.3. The van der Waals surface area contributed by atoms with E-state index in [0.29, 0.717) is 43.9 Å². The maximum atomic E-state index is 12.6. The summed E-state index contributed by atoms with van der Waals surface area (Å²) in [4.78, 5) is 38.8. The van der Waals surface area contributed by atoms with Crippen molar-refractivity contribution in [2.24, 2.45) is 0 Å². The Morgan fingerprint density at radius 1 is 0.960 bits per heavy atom. The highest BCUT2D eigenvalue weighted by Crippen LogP contribution is 2.33. The number of benzene rings is 2. The van der Waals surface area contributed by atoms with Gasteiger partial charge in [-0.25, -0.2) is 9.97 Å². The second kappa shape index (κ2) is 18.9. The van der Waals surface area contributed by atoms with Gasteiger partial charge in [-0.2, -0.15) is 5.26 Å². The first-order valence-corrected chi connectivity index (χ1v) is 19.3. The third-order valence-corrected chi connectivity index (χ3v) is 10.2. The van der Waals surface area contributed by atoms with E-state index in [1.165, 1.54) is 17.4 Å². The zero-order valence-corrected chi connectivity index (χ0v) is 30.5. The number of carbonyl (C=O) groups is 2. The average molecular weight is 698 g/mol. The van der Waals surface area contributed by atoms with Crippen LogP contribution >= 0.6 is 11.8 Å². The first-order chi connectivity index (χ1) is 24.4. The van der Waals surface area contributed by atoms with E-state index in [4.69, 9.17) is 25.7 Å². The van der Waals surface area contributed by atoms with E-state index in [9.17, 15) is 9.59 Å². The number of unbranched alkanes of at least 4 members (excludes halogenated alkanes) is 4. The van der Waals surface area contributed by atoms with Crippen LogP contribution in [0, 0.1) is 11.3 Å². The van der Waals surface area contributed by atoms with Gasteiger partial charge in [-0.1, -0.05) is 50.1 Å². The van der Waals surface area contributed by atoms with E-state index < -0.39 is 0 Å². The van der Waals surface area contributed by atoms with Crippen molar-refractivity contribution in [2.75, 3.05) is 62.8 Å². The SMILES string of the molecule is CCCCc1nc2c(N)nc3ccc(N4CCN(CCOCCC(=O)SC)CC4)cc3c2n1CCCCCCC(=O)Cc1cccc(C#N)c1. The van der Waals surface area contributed by atoms with E-state index in [-0.39, 0.29) is 10.9 Å². The number of hydrogen-bond acceptors (Lipinski definition) is 10. The lowest BCUT2D eigenvalue weighted by molar-refractivity contribution is -0.118. The van der Waals surface area contributed by atoms with Crippen molar-refractivity contribution in [1.29, 1.82) is 5.26 Å². The number of aromatic nitrogens is 3. The third kappa shape index (κ3) is 10.1. The van der Waals surface area contributed by atoms with Crippen LogP contribution in [0.5, 0.6) is 0 Å². The molecule has 0 atom stereocenters. The smallest absolute Gasteiger partial charge is 0.190 e. The van der Waals surface area contributed by atoms with Gasteiger partial charge in [-0.05, 0) is 61.4 Å². The number of fused-ring (bicyclic) bond motifs is 3. The lowest BCUT2D eigenvalue weighted by atomic mass is 10.0. The van der Waals surface area contributed by atoms with E-state index in [1.807, 2.05) is 18.4 Å². The van der Waals surface area contributed by atoms with Gasteiger partial charge in [-0.3, -0.25) is 14.5 Å². The minimum Gasteiger partial charge on any atom is -0.382 e. The molecule has 0 spiro atoms. The van der Waals surface area contributed by atoms with E-state index in [0.717, 1.165) is 118 Å². The number of rotatable bonds is 19. The number of pyridine rings is 1. The summed E-state index contributed by atoms with van der Waals surface area (Å²) in [5.41, 5.74) is 12.0. The maximum Gasteiger partial charge on any atom is 0.190 e. The summed E-state index contributed by atoms with van der Waals surface area (Å²) in [6, 6.07) is 16.0. The van der Waals surface area contributed by atoms with Crippen molar-refractivity contribution in [1.82, 2.24) is 19.4 Å². The predicted molar refractivity (Wildman–Crippen MR) is 204 cm³/mol. The number of imidazole rings is 1. The molecule has 50 heavy (non-hydrogen) atoms. The molecule has 4 aromatic rings. The average Bonchev–Trinajstić information content (AvgIpc) is 3.51. The molecule has 0 unspecified atom stereocenters. The van der Waals surface area contributed by atoms with Crippen LogP contribution in [0.15, 0.2) is 42.5 Å². The minimum absolute atomic E-state index is 0.169. The number of aryl methyl sites for hydroxylation is 2. The normalized spacial score (nSPS) is 13.7. The molecule has 2 aromatic carbocycles. The Balaban J connectivity index is 1.21. The lowest BCUT2D eigenvalue weighted by Crippen LogP contribution is -2.47. The van der Waals surface area contributed by atoms with Crippen LogP contribution in [-0.4, -0.2) is 82.5 Å². The van der Waals surface area contributed by atoms with Crippen LogP contribution in [-0.2, 0) is 33.7 Å². The molecular weight excluding hydrogens is 647 g/mol. The molecule has 0 saturated carbocycles. The molecule has 0 amide bonds. The van der Waals surface area contributed by atoms with Gasteiger partial charge < -0.3 is 19.9 Å². The number of nitrogens with zero attached hydrogens (tertiary/aromatic N) is 6. The first kappa shape index (κ1) is 37.3. The molecule has 3 heterocycles. The molecule has 10 nitrogen and oxygen atoms in total. The summed E-state index contributed by atoms with van der Waals surface area (Å²) in [6.45, 7) is 8.83. The van der Waals surface area contributed by atoms with E-state index in [1.54, 1.807) is 12.1 Å². The highest BCUT2D eigenvalue weighted by molar-refractivity contribution is 8.13. The van der Waals surface area contributed by atoms with Gasteiger partial charge in [-0.15, -0.1) is 0 Å². The van der Waals surface area contributed by atoms with Gasteiger partial charge in [0.15, 0.2) is 10.9 Å². The molecule has 1 saturated heterocycles. The Hall–Kier alpha value is -3.98. The highest BCUT2D eigenvalue weighted by atomic mass is 32.2. The Labute approximate surface area is 300 Å². The minimum atomic E-state index is 0.169. The van der Waals surface area contributed by atoms with Crippen molar-refractivity contribution in [2.45, 2.75) is 77.7 Å². The van der Waals surface area contributed by atoms with Gasteiger partial charge in [0.1, 0.15) is 17.1 Å². The highest BCUT2D eigenvalue weighted by Gasteiger charge is 2.21. The van der Waals surface area contributed by atoms with Crippen molar-refractivity contribution < 1.29 is 14.3 Å². The number of anilines is 2. The largest absolute Gasteiger partial charge is 0.382 e. The number of carbonyl (C=O) groups excluding carboxylic acids is 2. The molecule has 266 valence electrons. The number of thioether (sulfide) groups is 1. The molecular formula is C39H51N7O3S. The second-order valence-electron chi connectivity index (χ2n) is 13.1. The topological polar surface area (TPSA) is 130 Å². The Morgan fingerprint density at radius 2 is 1.78 bits per heavy atom. The van der Waals surface area contributed by atoms with E-state index >= 15 is 0 Å². The third-order valence-electron chi connectivity index (χ3n) is 9.53. The molecule has 1 fully saturated rings. The Kier molecular flexibility index (Phi) is 14.1. The van der Waals surface area contributed by atoms with Gasteiger partial charge >= 0.3 is 0 Å². The van der Waals surface area contributed by atoms with Crippen LogP contribution < -0.4 is 10.6 Å². The van der Waals surface area contributed by atoms with Gasteiger partial charge in [0.25, 0.3) is 0 Å². The summed E-state index contributed by atoms with van der Waals surface area (Å²) < 4.78 is 8.09. The van der Waals surface area contributed by atoms with Gasteiger partial charge in [0.05, 0.1) is 35.9 Å². The molecule has 0 radical (unpaired) electrons. The lowest BCUT2D eigenvalue weighted by Gasteiger charge is -2.36. The number of hydrogen-bond donors (Lipinski definition) is 1. The van der Waals surface area contributed by atoms with Crippen molar-refractivity contribution >= 4 is 56.1 Å². The first-order valence-electron chi connectivity index (χ1n) is 18.1. The summed E-state index contributed by atoms with van der Waals surface area (Å²) >= 11 is 1.26. The van der Waals surface area contributed by atoms with Crippen LogP contribution in [0.1, 0.15) is 75.2 Å². The number of ether oxygens (including phenoxy) is 1. The standard InChI is InChI=1S/C39H51N7O3S/c1-3-4-13-35-43-37-38(46(35)17-8-6-5-7-12-32(47)26-29-10-9-11-30(25-29)28-40)33-27-31(14-15-34(33)42-39(37)41)45-20-18-44(19-21-45)22-24-49-23-16-36(48)50-2/h9-11,14-15,25,27H,3-8,12-13,16-24,26H2,1-2H3,(H2,41,42). The quantitative estimate of drug-likeness (QED) is 0.108. The molecule has 5 rings (SSSR count). The Bertz CT molecular complexity index is 1790. The summed E-state index contributed by atoms with van der Waals surface area (Å²) in [5.74, 6) is 1.76. The molecule has 0 aliphatic carbocycles. The fourth-order valence-electron chi connectivity index (χ4n) is 6.70. The number of nitrogens with two attached hydrogens (primary N) is 1. The number of nitriles is 1. The number of Topliss-reactive ketones (excluding diaryl/α,β-unsaturated/α-hetero) is 1. The zero-order valence-electron chi connectivity index (χ0n) is 29.7. The maximum absolute atomic E-state index is 12.6. The summed E-state index contributed by atoms with van der Waals surface area (Å²) in [7, 11) is 0. The Morgan fingerprint density at radius 3 is 2.56 bits per heavy atom. The van der Waals surface area contributed by atoms with Crippen molar-refractivity contribution in [3.63, 3.8) is 0 Å². The molecule has 11 heteroatoms. The van der Waals surface area contributed by atoms with Crippen LogP contribution in [0.4, 0.5) is 11.5 Å². The van der Waals surface area contributed by atoms with Crippen LogP contribution in [0.25, 0.3) is 21.9 Å². The van der Waals surface area contributed by atoms with Crippen LogP contribution in [0.3, 0.4) is 0 Å². The number of ketones is 1. The van der Waals surface area contributed by atoms with Crippen molar-refractivity contribution in [3.05, 3.63) is 59.4 Å². The molecule has 1 aliphatic heterocycles. The second-order valence-corrected chi connectivity index (χ2v) is 14.0. The number of piperazine rings is 1. The van der Waals surface area contributed by atoms with Crippen LogP contribution in [0.2, 0.25) is 0 Å². The van der Waals surface area contributed by atoms with Crippen molar-refractivity contribution in [3.8, 4) is 6.07 Å². The van der Waals surface area contributed by atoms with E-state index in [2.05, 4.69) is 45.6 Å². The molecule has 2 aromatic heterocycles. The summed E-state index contributed by atoms with van der Waals surface area (Å²) in [6.07, 6.45) is 10.1. The van der Waals surface area contributed by atoms with Gasteiger partial charge in [0.2, 0.25) is 0 Å². The molecule has 0 bridgehead atoms. The molecule has 2 N–H and O–H groups in total. The number of nitrogen functional groups attached to an aromatic ring is 1. The monoisotopic (exact) mass is 697 g/mol. The fourth-order valence-corrected chi connectivity index (χ4v) is 6.99. The fraction of sp³-hybridized carbons (Fsp3) is 0.513. The molecule has 1 aliphatic rings. The predicted octanol–water partition coefficient (Wildman–Crippen LogP) is 6.56.